The van der Waals surface area contributed by atoms with E-state index in [-0.39, 0.29) is 6.04 Å². The lowest BCUT2D eigenvalue weighted by Crippen LogP contribution is -2.28. The SMILES string of the molecule is CC[C@@H](C)C1=CC2=C1C(C=N)/N=C\C=C\N2. The Bertz CT molecular complexity index is 413. The summed E-state index contributed by atoms with van der Waals surface area (Å²) >= 11 is 0. The first kappa shape index (κ1) is 10.9. The highest BCUT2D eigenvalue weighted by atomic mass is 14.9. The third-order valence-electron chi connectivity index (χ3n) is 3.17. The molecule has 2 N–H and O–H groups in total. The van der Waals surface area contributed by atoms with Gasteiger partial charge in [0.05, 0.1) is 0 Å². The van der Waals surface area contributed by atoms with Crippen molar-refractivity contribution in [2.24, 2.45) is 10.9 Å². The molecule has 2 aliphatic rings. The molecule has 16 heavy (non-hydrogen) atoms. The maximum absolute atomic E-state index is 7.46. The minimum Gasteiger partial charge on any atom is -0.361 e. The normalized spacial score (nSPS) is 28.6. The summed E-state index contributed by atoms with van der Waals surface area (Å²) in [5, 5.41) is 10.7. The predicted molar refractivity (Wildman–Crippen MR) is 67.9 cm³/mol. The number of nitrogens with one attached hydrogen (secondary N) is 2. The van der Waals surface area contributed by atoms with Crippen molar-refractivity contribution < 1.29 is 0 Å². The van der Waals surface area contributed by atoms with E-state index in [1.165, 1.54) is 17.4 Å². The van der Waals surface area contributed by atoms with Crippen molar-refractivity contribution in [2.75, 3.05) is 0 Å². The molecular formula is C13H17N3. The molecular weight excluding hydrogens is 198 g/mol. The van der Waals surface area contributed by atoms with Gasteiger partial charge in [-0.15, -0.1) is 0 Å². The highest BCUT2D eigenvalue weighted by Gasteiger charge is 2.28. The van der Waals surface area contributed by atoms with Gasteiger partial charge in [0.1, 0.15) is 6.04 Å². The Morgan fingerprint density at radius 2 is 2.44 bits per heavy atom. The Labute approximate surface area is 96.2 Å². The molecule has 0 aromatic carbocycles. The predicted octanol–water partition coefficient (Wildman–Crippen LogP) is 2.43. The average molecular weight is 215 g/mol. The lowest BCUT2D eigenvalue weighted by atomic mass is 9.79. The molecule has 0 saturated carbocycles. The Kier molecular flexibility index (Phi) is 3.04. The van der Waals surface area contributed by atoms with E-state index in [9.17, 15) is 0 Å². The first-order valence-corrected chi connectivity index (χ1v) is 5.69. The molecule has 1 heterocycles. The summed E-state index contributed by atoms with van der Waals surface area (Å²) in [6.45, 7) is 4.40. The maximum atomic E-state index is 7.46. The van der Waals surface area contributed by atoms with Crippen LogP contribution in [0.15, 0.2) is 40.2 Å². The van der Waals surface area contributed by atoms with E-state index in [1.807, 2.05) is 12.3 Å². The number of aliphatic imine (C=N–C) groups is 1. The molecule has 0 bridgehead atoms. The number of allylic oxidation sites excluding steroid dienone is 2. The molecule has 0 radical (unpaired) electrons. The molecule has 1 unspecified atom stereocenters. The minimum absolute atomic E-state index is 0.124. The fraction of sp³-hybridized carbons (Fsp3) is 0.385. The topological polar surface area (TPSA) is 48.2 Å². The fourth-order valence-corrected chi connectivity index (χ4v) is 1.99. The van der Waals surface area contributed by atoms with Gasteiger partial charge in [-0.25, -0.2) is 0 Å². The van der Waals surface area contributed by atoms with Gasteiger partial charge in [-0.05, 0) is 30.1 Å². The second-order valence-electron chi connectivity index (χ2n) is 4.15. The Morgan fingerprint density at radius 3 is 3.12 bits per heavy atom. The van der Waals surface area contributed by atoms with Crippen molar-refractivity contribution >= 4 is 12.4 Å². The number of hydrogen-bond acceptors (Lipinski definition) is 3. The van der Waals surface area contributed by atoms with Gasteiger partial charge < -0.3 is 10.7 Å². The van der Waals surface area contributed by atoms with Crippen LogP contribution in [0.25, 0.3) is 0 Å². The molecule has 0 fully saturated rings. The van der Waals surface area contributed by atoms with Crippen molar-refractivity contribution in [2.45, 2.75) is 26.3 Å². The second-order valence-corrected chi connectivity index (χ2v) is 4.15. The zero-order valence-corrected chi connectivity index (χ0v) is 9.70. The van der Waals surface area contributed by atoms with E-state index in [4.69, 9.17) is 5.41 Å². The van der Waals surface area contributed by atoms with Crippen molar-refractivity contribution in [1.82, 2.24) is 5.32 Å². The van der Waals surface area contributed by atoms with Gasteiger partial charge in [0, 0.05) is 29.9 Å². The van der Waals surface area contributed by atoms with Crippen LogP contribution >= 0.6 is 0 Å². The molecule has 0 amide bonds. The van der Waals surface area contributed by atoms with E-state index in [1.54, 1.807) is 6.21 Å². The van der Waals surface area contributed by atoms with Crippen LogP contribution in [0, 0.1) is 11.3 Å². The largest absolute Gasteiger partial charge is 0.361 e. The van der Waals surface area contributed by atoms with Crippen LogP contribution < -0.4 is 5.32 Å². The molecule has 1 aliphatic heterocycles. The third-order valence-corrected chi connectivity index (χ3v) is 3.17. The summed E-state index contributed by atoms with van der Waals surface area (Å²) < 4.78 is 0. The molecule has 0 aromatic heterocycles. The lowest BCUT2D eigenvalue weighted by molar-refractivity contribution is 0.639. The zero-order chi connectivity index (χ0) is 11.5. The molecule has 84 valence electrons. The first-order chi connectivity index (χ1) is 7.77. The van der Waals surface area contributed by atoms with E-state index in [2.05, 4.69) is 30.2 Å². The minimum atomic E-state index is -0.124. The molecule has 2 rings (SSSR count). The Balaban J connectivity index is 2.28. The number of rotatable bonds is 3. The van der Waals surface area contributed by atoms with Crippen LogP contribution in [-0.2, 0) is 0 Å². The average Bonchev–Trinajstić information content (AvgIpc) is 2.26. The van der Waals surface area contributed by atoms with Gasteiger partial charge in [0.25, 0.3) is 0 Å². The van der Waals surface area contributed by atoms with Crippen molar-refractivity contribution in [1.29, 1.82) is 5.41 Å². The van der Waals surface area contributed by atoms with Gasteiger partial charge >= 0.3 is 0 Å². The van der Waals surface area contributed by atoms with Crippen molar-refractivity contribution in [3.63, 3.8) is 0 Å². The van der Waals surface area contributed by atoms with E-state index >= 15 is 0 Å². The summed E-state index contributed by atoms with van der Waals surface area (Å²) in [6.07, 6.45) is 10.2. The monoisotopic (exact) mass is 215 g/mol. The van der Waals surface area contributed by atoms with E-state index < -0.39 is 0 Å². The number of hydrogen-bond donors (Lipinski definition) is 2. The van der Waals surface area contributed by atoms with Crippen LogP contribution in [0.2, 0.25) is 0 Å². The standard InChI is InChI=1S/C13H17N3/c1-3-9(2)10-7-11-13(10)12(8-14)16-6-4-5-15-11/h4-9,12,14-15H,3H2,1-2H3/b5-4+,14-8?,16-6-/t9-,12?/m1/s1. The van der Waals surface area contributed by atoms with Crippen LogP contribution in [-0.4, -0.2) is 18.5 Å². The zero-order valence-electron chi connectivity index (χ0n) is 9.70. The van der Waals surface area contributed by atoms with Gasteiger partial charge in [0.2, 0.25) is 0 Å². The van der Waals surface area contributed by atoms with E-state index in [0.717, 1.165) is 12.1 Å². The summed E-state index contributed by atoms with van der Waals surface area (Å²) in [5.74, 6) is 0.543. The number of nitrogens with zero attached hydrogens (tertiary/aromatic N) is 1. The fourth-order valence-electron chi connectivity index (χ4n) is 1.99. The molecule has 2 atom stereocenters. The Morgan fingerprint density at radius 1 is 1.62 bits per heavy atom. The van der Waals surface area contributed by atoms with Gasteiger partial charge in [-0.3, -0.25) is 4.99 Å². The van der Waals surface area contributed by atoms with Crippen LogP contribution in [0.5, 0.6) is 0 Å². The van der Waals surface area contributed by atoms with Crippen LogP contribution in [0.3, 0.4) is 0 Å². The Hall–Kier alpha value is -1.64. The lowest BCUT2D eigenvalue weighted by Gasteiger charge is -2.31. The quantitative estimate of drug-likeness (QED) is 0.698. The molecule has 3 nitrogen and oxygen atoms in total. The summed E-state index contributed by atoms with van der Waals surface area (Å²) in [6, 6.07) is -0.124. The molecule has 0 aromatic rings. The molecule has 0 saturated heterocycles. The third kappa shape index (κ3) is 1.73. The van der Waals surface area contributed by atoms with Crippen LogP contribution in [0.4, 0.5) is 0 Å². The van der Waals surface area contributed by atoms with E-state index in [0.29, 0.717) is 5.92 Å². The van der Waals surface area contributed by atoms with Crippen molar-refractivity contribution in [3.05, 3.63) is 35.2 Å². The molecule has 3 heteroatoms. The summed E-state index contributed by atoms with van der Waals surface area (Å²) in [7, 11) is 0. The first-order valence-electron chi connectivity index (χ1n) is 5.69. The smallest absolute Gasteiger partial charge is 0.112 e. The highest BCUT2D eigenvalue weighted by molar-refractivity contribution is 5.80. The van der Waals surface area contributed by atoms with Gasteiger partial charge in [-0.2, -0.15) is 0 Å². The van der Waals surface area contributed by atoms with Crippen LogP contribution in [0.1, 0.15) is 20.3 Å². The van der Waals surface area contributed by atoms with Crippen molar-refractivity contribution in [3.8, 4) is 0 Å². The maximum Gasteiger partial charge on any atom is 0.112 e. The summed E-state index contributed by atoms with van der Waals surface area (Å²) in [4.78, 5) is 4.36. The van der Waals surface area contributed by atoms with Gasteiger partial charge in [0.15, 0.2) is 0 Å². The molecule has 0 spiro atoms. The highest BCUT2D eigenvalue weighted by Crippen LogP contribution is 2.36. The second kappa shape index (κ2) is 4.47. The summed E-state index contributed by atoms with van der Waals surface area (Å²) in [5.41, 5.74) is 3.63. The molecule has 1 aliphatic carbocycles. The van der Waals surface area contributed by atoms with Gasteiger partial charge in [-0.1, -0.05) is 13.8 Å².